The summed E-state index contributed by atoms with van der Waals surface area (Å²) in [7, 11) is -3.71. The van der Waals surface area contributed by atoms with Crippen LogP contribution in [0.5, 0.6) is 0 Å². The fraction of sp³-hybridized carbons (Fsp3) is 0.333. The molecule has 0 aliphatic heterocycles. The van der Waals surface area contributed by atoms with E-state index in [2.05, 4.69) is 5.32 Å². The van der Waals surface area contributed by atoms with Gasteiger partial charge in [0, 0.05) is 31.9 Å². The van der Waals surface area contributed by atoms with Gasteiger partial charge in [-0.25, -0.2) is 8.42 Å². The second-order valence-electron chi connectivity index (χ2n) is 5.73. The van der Waals surface area contributed by atoms with Crippen molar-refractivity contribution >= 4 is 33.2 Å². The molecule has 0 bridgehead atoms. The molecule has 1 N–H and O–H groups in total. The van der Waals surface area contributed by atoms with Gasteiger partial charge in [0.05, 0.1) is 21.2 Å². The number of amides is 1. The molecule has 9 heteroatoms. The highest BCUT2D eigenvalue weighted by atomic mass is 35.5. The maximum Gasteiger partial charge on any atom is 0.257 e. The van der Waals surface area contributed by atoms with E-state index in [-0.39, 0.29) is 21.0 Å². The zero-order chi connectivity index (χ0) is 20.2. The third-order valence-electron chi connectivity index (χ3n) is 4.11. The SMILES string of the molecule is CCN(CC)S(=O)(=O)c1ccc(Cl)c(C(=O)Nc2ccc(=O)n(CC)c2)c1. The first-order chi connectivity index (χ1) is 12.7. The number of aryl methyl sites for hydroxylation is 1. The molecule has 146 valence electrons. The number of rotatable bonds is 7. The lowest BCUT2D eigenvalue weighted by Gasteiger charge is -2.19. The Labute approximate surface area is 163 Å². The second kappa shape index (κ2) is 8.69. The molecule has 1 aromatic heterocycles. The number of hydrogen-bond acceptors (Lipinski definition) is 4. The number of nitrogens with zero attached hydrogens (tertiary/aromatic N) is 2. The Bertz CT molecular complexity index is 998. The Morgan fingerprint density at radius 2 is 1.81 bits per heavy atom. The highest BCUT2D eigenvalue weighted by Crippen LogP contribution is 2.24. The maximum absolute atomic E-state index is 12.7. The molecule has 0 unspecified atom stereocenters. The Kier molecular flexibility index (Phi) is 6.80. The summed E-state index contributed by atoms with van der Waals surface area (Å²) in [6, 6.07) is 6.86. The van der Waals surface area contributed by atoms with E-state index in [9.17, 15) is 18.0 Å². The first-order valence-electron chi connectivity index (χ1n) is 8.56. The lowest BCUT2D eigenvalue weighted by Crippen LogP contribution is -2.30. The van der Waals surface area contributed by atoms with Crippen molar-refractivity contribution in [2.75, 3.05) is 18.4 Å². The first-order valence-corrected chi connectivity index (χ1v) is 10.4. The van der Waals surface area contributed by atoms with Crippen molar-refractivity contribution in [2.24, 2.45) is 0 Å². The molecule has 1 aromatic carbocycles. The highest BCUT2D eigenvalue weighted by Gasteiger charge is 2.24. The molecule has 0 spiro atoms. The molecule has 0 radical (unpaired) electrons. The first kappa shape index (κ1) is 21.1. The molecule has 0 fully saturated rings. The van der Waals surface area contributed by atoms with Gasteiger partial charge in [0.15, 0.2) is 0 Å². The molecule has 0 aliphatic rings. The lowest BCUT2D eigenvalue weighted by atomic mass is 10.2. The van der Waals surface area contributed by atoms with Crippen LogP contribution in [0.4, 0.5) is 5.69 Å². The van der Waals surface area contributed by atoms with Crippen LogP contribution in [0.1, 0.15) is 31.1 Å². The van der Waals surface area contributed by atoms with Crippen LogP contribution >= 0.6 is 11.6 Å². The van der Waals surface area contributed by atoms with E-state index in [4.69, 9.17) is 11.6 Å². The third kappa shape index (κ3) is 4.58. The summed E-state index contributed by atoms with van der Waals surface area (Å²) in [5.41, 5.74) is 0.273. The summed E-state index contributed by atoms with van der Waals surface area (Å²) in [6.45, 7) is 6.40. The van der Waals surface area contributed by atoms with Crippen LogP contribution in [0.2, 0.25) is 5.02 Å². The number of benzene rings is 1. The number of halogens is 1. The number of anilines is 1. The van der Waals surface area contributed by atoms with Gasteiger partial charge in [-0.2, -0.15) is 4.31 Å². The summed E-state index contributed by atoms with van der Waals surface area (Å²) in [4.78, 5) is 24.3. The predicted octanol–water partition coefficient (Wildman–Crippen LogP) is 2.80. The molecule has 0 aliphatic carbocycles. The summed E-state index contributed by atoms with van der Waals surface area (Å²) in [5, 5.41) is 2.78. The Morgan fingerprint density at radius 1 is 1.15 bits per heavy atom. The molecule has 2 rings (SSSR count). The van der Waals surface area contributed by atoms with Gasteiger partial charge in [0.1, 0.15) is 0 Å². The zero-order valence-electron chi connectivity index (χ0n) is 15.4. The largest absolute Gasteiger partial charge is 0.321 e. The summed E-state index contributed by atoms with van der Waals surface area (Å²) >= 11 is 6.11. The monoisotopic (exact) mass is 411 g/mol. The summed E-state index contributed by atoms with van der Waals surface area (Å²) < 4.78 is 28.1. The van der Waals surface area contributed by atoms with Crippen molar-refractivity contribution in [3.63, 3.8) is 0 Å². The maximum atomic E-state index is 12.7. The summed E-state index contributed by atoms with van der Waals surface area (Å²) in [5.74, 6) is -0.558. The van der Waals surface area contributed by atoms with E-state index in [0.717, 1.165) is 0 Å². The van der Waals surface area contributed by atoms with E-state index < -0.39 is 15.9 Å². The molecular formula is C18H22ClN3O4S. The van der Waals surface area contributed by atoms with Crippen molar-refractivity contribution < 1.29 is 13.2 Å². The molecule has 0 saturated carbocycles. The van der Waals surface area contributed by atoms with E-state index in [1.165, 1.54) is 45.4 Å². The lowest BCUT2D eigenvalue weighted by molar-refractivity contribution is 0.102. The number of hydrogen-bond donors (Lipinski definition) is 1. The van der Waals surface area contributed by atoms with E-state index in [1.54, 1.807) is 13.8 Å². The van der Waals surface area contributed by atoms with E-state index >= 15 is 0 Å². The van der Waals surface area contributed by atoms with Crippen LogP contribution < -0.4 is 10.9 Å². The van der Waals surface area contributed by atoms with Crippen LogP contribution in [-0.2, 0) is 16.6 Å². The van der Waals surface area contributed by atoms with Gasteiger partial charge in [0.25, 0.3) is 11.5 Å². The fourth-order valence-corrected chi connectivity index (χ4v) is 4.29. The minimum absolute atomic E-state index is 0.000668. The Hall–Kier alpha value is -2.16. The van der Waals surface area contributed by atoms with E-state index in [1.807, 2.05) is 6.92 Å². The van der Waals surface area contributed by atoms with Crippen LogP contribution in [0.15, 0.2) is 46.2 Å². The zero-order valence-corrected chi connectivity index (χ0v) is 17.0. The minimum Gasteiger partial charge on any atom is -0.321 e. The quantitative estimate of drug-likeness (QED) is 0.758. The fourth-order valence-electron chi connectivity index (χ4n) is 2.60. The van der Waals surface area contributed by atoms with Gasteiger partial charge in [-0.3, -0.25) is 9.59 Å². The van der Waals surface area contributed by atoms with Gasteiger partial charge >= 0.3 is 0 Å². The standard InChI is InChI=1S/C18H22ClN3O4S/c1-4-21-12-13(7-10-17(21)23)20-18(24)15-11-14(8-9-16(15)19)27(25,26)22(5-2)6-3/h7-12H,4-6H2,1-3H3,(H,20,24). The van der Waals surface area contributed by atoms with Crippen LogP contribution in [0, 0.1) is 0 Å². The Balaban J connectivity index is 2.38. The van der Waals surface area contributed by atoms with Crippen molar-refractivity contribution in [1.29, 1.82) is 0 Å². The molecule has 27 heavy (non-hydrogen) atoms. The molecule has 0 saturated heterocycles. The number of aromatic nitrogens is 1. The highest BCUT2D eigenvalue weighted by molar-refractivity contribution is 7.89. The molecule has 2 aromatic rings. The normalized spacial score (nSPS) is 11.6. The van der Waals surface area contributed by atoms with Crippen molar-refractivity contribution in [1.82, 2.24) is 8.87 Å². The van der Waals surface area contributed by atoms with Crippen molar-refractivity contribution in [3.8, 4) is 0 Å². The van der Waals surface area contributed by atoms with E-state index in [0.29, 0.717) is 25.3 Å². The van der Waals surface area contributed by atoms with Crippen molar-refractivity contribution in [3.05, 3.63) is 57.5 Å². The third-order valence-corrected chi connectivity index (χ3v) is 6.48. The van der Waals surface area contributed by atoms with Gasteiger partial charge in [-0.15, -0.1) is 0 Å². The van der Waals surface area contributed by atoms with Crippen LogP contribution in [0.3, 0.4) is 0 Å². The van der Waals surface area contributed by atoms with Crippen molar-refractivity contribution in [2.45, 2.75) is 32.2 Å². The summed E-state index contributed by atoms with van der Waals surface area (Å²) in [6.07, 6.45) is 1.52. The second-order valence-corrected chi connectivity index (χ2v) is 8.07. The predicted molar refractivity (Wildman–Crippen MR) is 106 cm³/mol. The van der Waals surface area contributed by atoms with Gasteiger partial charge in [0.2, 0.25) is 10.0 Å². The molecule has 1 heterocycles. The average Bonchev–Trinajstić information content (AvgIpc) is 2.64. The van der Waals surface area contributed by atoms with Crippen LogP contribution in [0.25, 0.3) is 0 Å². The molecule has 7 nitrogen and oxygen atoms in total. The van der Waals surface area contributed by atoms with Gasteiger partial charge < -0.3 is 9.88 Å². The smallest absolute Gasteiger partial charge is 0.257 e. The van der Waals surface area contributed by atoms with Crippen LogP contribution in [-0.4, -0.2) is 36.3 Å². The number of carbonyl (C=O) groups excluding carboxylic acids is 1. The molecule has 1 amide bonds. The van der Waals surface area contributed by atoms with Gasteiger partial charge in [-0.05, 0) is 31.2 Å². The number of pyridine rings is 1. The topological polar surface area (TPSA) is 88.5 Å². The Morgan fingerprint density at radius 3 is 2.41 bits per heavy atom. The molecule has 0 atom stereocenters. The number of nitrogens with one attached hydrogen (secondary N) is 1. The molecular weight excluding hydrogens is 390 g/mol. The minimum atomic E-state index is -3.71. The average molecular weight is 412 g/mol. The number of sulfonamides is 1. The van der Waals surface area contributed by atoms with Gasteiger partial charge in [-0.1, -0.05) is 25.4 Å². The number of carbonyl (C=O) groups is 1.